The number of aromatic carboxylic acids is 1. The number of nitrogens with zero attached hydrogens (tertiary/aromatic N) is 3. The van der Waals surface area contributed by atoms with Crippen LogP contribution in [0.15, 0.2) is 36.5 Å². The van der Waals surface area contributed by atoms with Crippen LogP contribution in [0.5, 0.6) is 0 Å². The molecule has 0 aliphatic carbocycles. The fourth-order valence-electron chi connectivity index (χ4n) is 2.16. The van der Waals surface area contributed by atoms with Gasteiger partial charge in [-0.15, -0.1) is 0 Å². The number of aromatic nitrogens is 2. The minimum atomic E-state index is -1.11. The quantitative estimate of drug-likeness (QED) is 0.911. The Morgan fingerprint density at radius 3 is 2.52 bits per heavy atom. The van der Waals surface area contributed by atoms with Crippen LogP contribution in [0.1, 0.15) is 33.3 Å². The molecule has 1 aromatic carbocycles. The molecule has 0 aliphatic rings. The molecule has 0 atom stereocenters. The van der Waals surface area contributed by atoms with Gasteiger partial charge in [0.25, 0.3) is 5.91 Å². The maximum absolute atomic E-state index is 12.4. The molecular weight excluding hydrogens is 270 g/mol. The third kappa shape index (κ3) is 3.10. The predicted molar refractivity (Wildman–Crippen MR) is 77.1 cm³/mol. The Hall–Kier alpha value is -2.63. The zero-order chi connectivity index (χ0) is 15.4. The topological polar surface area (TPSA) is 75.4 Å². The second kappa shape index (κ2) is 6.21. The van der Waals surface area contributed by atoms with E-state index in [0.717, 1.165) is 12.2 Å². The van der Waals surface area contributed by atoms with Crippen molar-refractivity contribution >= 4 is 11.9 Å². The van der Waals surface area contributed by atoms with E-state index in [4.69, 9.17) is 5.11 Å². The van der Waals surface area contributed by atoms with Crippen LogP contribution >= 0.6 is 0 Å². The minimum absolute atomic E-state index is 0.0124. The summed E-state index contributed by atoms with van der Waals surface area (Å²) in [5.74, 6) is -1.43. The van der Waals surface area contributed by atoms with Gasteiger partial charge in [0.1, 0.15) is 0 Å². The fraction of sp³-hybridized carbons (Fsp3) is 0.267. The van der Waals surface area contributed by atoms with E-state index in [1.165, 1.54) is 17.0 Å². The highest BCUT2D eigenvalue weighted by atomic mass is 16.4. The van der Waals surface area contributed by atoms with Crippen molar-refractivity contribution < 1.29 is 14.7 Å². The normalized spacial score (nSPS) is 10.4. The Morgan fingerprint density at radius 1 is 1.24 bits per heavy atom. The van der Waals surface area contributed by atoms with Gasteiger partial charge < -0.3 is 10.0 Å². The first-order chi connectivity index (χ1) is 10.0. The van der Waals surface area contributed by atoms with Gasteiger partial charge in [0.15, 0.2) is 0 Å². The predicted octanol–water partition coefficient (Wildman–Crippen LogP) is 1.87. The third-order valence-corrected chi connectivity index (χ3v) is 3.24. The van der Waals surface area contributed by atoms with Gasteiger partial charge >= 0.3 is 5.97 Å². The number of benzene rings is 1. The van der Waals surface area contributed by atoms with Crippen molar-refractivity contribution in [1.82, 2.24) is 14.7 Å². The molecular formula is C15H17N3O3. The van der Waals surface area contributed by atoms with Crippen molar-refractivity contribution in [3.63, 3.8) is 0 Å². The van der Waals surface area contributed by atoms with Gasteiger partial charge in [-0.2, -0.15) is 5.10 Å². The second-order valence-corrected chi connectivity index (χ2v) is 4.65. The molecule has 0 saturated heterocycles. The van der Waals surface area contributed by atoms with E-state index in [1.807, 2.05) is 13.0 Å². The molecule has 1 amide bonds. The second-order valence-electron chi connectivity index (χ2n) is 4.65. The first-order valence-electron chi connectivity index (χ1n) is 6.63. The van der Waals surface area contributed by atoms with Crippen LogP contribution in [-0.4, -0.2) is 38.7 Å². The Morgan fingerprint density at radius 2 is 1.90 bits per heavy atom. The summed E-state index contributed by atoms with van der Waals surface area (Å²) in [7, 11) is 1.65. The molecule has 6 heteroatoms. The molecule has 110 valence electrons. The SMILES string of the molecule is CCn1nccc1CN(C)C(=O)c1ccccc1C(=O)O. The minimum Gasteiger partial charge on any atom is -0.478 e. The van der Waals surface area contributed by atoms with Crippen molar-refractivity contribution in [1.29, 1.82) is 0 Å². The van der Waals surface area contributed by atoms with E-state index in [9.17, 15) is 9.59 Å². The lowest BCUT2D eigenvalue weighted by Gasteiger charge is -2.18. The smallest absolute Gasteiger partial charge is 0.336 e. The number of amides is 1. The van der Waals surface area contributed by atoms with Crippen molar-refractivity contribution in [2.24, 2.45) is 0 Å². The molecule has 0 saturated carbocycles. The van der Waals surface area contributed by atoms with Gasteiger partial charge in [-0.05, 0) is 25.1 Å². The molecule has 2 aromatic rings. The monoisotopic (exact) mass is 287 g/mol. The molecule has 0 bridgehead atoms. The van der Waals surface area contributed by atoms with E-state index >= 15 is 0 Å². The Bertz CT molecular complexity index is 664. The molecule has 0 aliphatic heterocycles. The van der Waals surface area contributed by atoms with Crippen molar-refractivity contribution in [3.05, 3.63) is 53.3 Å². The summed E-state index contributed by atoms with van der Waals surface area (Å²) in [5, 5.41) is 13.3. The lowest BCUT2D eigenvalue weighted by molar-refractivity contribution is 0.0680. The maximum Gasteiger partial charge on any atom is 0.336 e. The largest absolute Gasteiger partial charge is 0.478 e. The van der Waals surface area contributed by atoms with Gasteiger partial charge in [-0.3, -0.25) is 9.48 Å². The van der Waals surface area contributed by atoms with Crippen LogP contribution in [0.25, 0.3) is 0 Å². The summed E-state index contributed by atoms with van der Waals surface area (Å²) in [5.41, 5.74) is 1.11. The van der Waals surface area contributed by atoms with Gasteiger partial charge in [-0.1, -0.05) is 12.1 Å². The number of hydrogen-bond donors (Lipinski definition) is 1. The van der Waals surface area contributed by atoms with Gasteiger partial charge in [-0.25, -0.2) is 4.79 Å². The zero-order valence-electron chi connectivity index (χ0n) is 12.0. The molecule has 2 rings (SSSR count). The van der Waals surface area contributed by atoms with Crippen LogP contribution in [0, 0.1) is 0 Å². The molecule has 0 spiro atoms. The molecule has 1 heterocycles. The van der Waals surface area contributed by atoms with E-state index in [2.05, 4.69) is 5.10 Å². The number of carboxylic acids is 1. The molecule has 0 fully saturated rings. The van der Waals surface area contributed by atoms with E-state index < -0.39 is 5.97 Å². The summed E-state index contributed by atoms with van der Waals surface area (Å²) < 4.78 is 1.80. The zero-order valence-corrected chi connectivity index (χ0v) is 12.0. The summed E-state index contributed by atoms with van der Waals surface area (Å²) in [6.45, 7) is 3.06. The third-order valence-electron chi connectivity index (χ3n) is 3.24. The van der Waals surface area contributed by atoms with Crippen LogP contribution < -0.4 is 0 Å². The molecule has 0 radical (unpaired) electrons. The van der Waals surface area contributed by atoms with E-state index in [0.29, 0.717) is 6.54 Å². The Balaban J connectivity index is 2.22. The molecule has 21 heavy (non-hydrogen) atoms. The highest BCUT2D eigenvalue weighted by Gasteiger charge is 2.19. The number of carbonyl (C=O) groups is 2. The van der Waals surface area contributed by atoms with Gasteiger partial charge in [0, 0.05) is 19.8 Å². The fourth-order valence-corrected chi connectivity index (χ4v) is 2.16. The summed E-state index contributed by atoms with van der Waals surface area (Å²) in [4.78, 5) is 25.1. The van der Waals surface area contributed by atoms with Crippen LogP contribution in [-0.2, 0) is 13.1 Å². The van der Waals surface area contributed by atoms with Crippen molar-refractivity contribution in [2.75, 3.05) is 7.05 Å². The lowest BCUT2D eigenvalue weighted by atomic mass is 10.1. The van der Waals surface area contributed by atoms with Gasteiger partial charge in [0.2, 0.25) is 0 Å². The van der Waals surface area contributed by atoms with Crippen molar-refractivity contribution in [3.8, 4) is 0 Å². The molecule has 6 nitrogen and oxygen atoms in total. The standard InChI is InChI=1S/C15H17N3O3/c1-3-18-11(8-9-16-18)10-17(2)14(19)12-6-4-5-7-13(12)15(20)21/h4-9H,3,10H2,1-2H3,(H,20,21). The highest BCUT2D eigenvalue weighted by molar-refractivity contribution is 6.04. The Kier molecular flexibility index (Phi) is 4.37. The number of aryl methyl sites for hydroxylation is 1. The summed E-state index contributed by atoms with van der Waals surface area (Å²) >= 11 is 0. The lowest BCUT2D eigenvalue weighted by Crippen LogP contribution is -2.28. The average molecular weight is 287 g/mol. The number of carbonyl (C=O) groups excluding carboxylic acids is 1. The van der Waals surface area contributed by atoms with Crippen LogP contribution in [0.2, 0.25) is 0 Å². The van der Waals surface area contributed by atoms with Crippen LogP contribution in [0.3, 0.4) is 0 Å². The average Bonchev–Trinajstić information content (AvgIpc) is 2.93. The Labute approximate surface area is 122 Å². The first-order valence-corrected chi connectivity index (χ1v) is 6.63. The molecule has 1 N–H and O–H groups in total. The van der Waals surface area contributed by atoms with Crippen molar-refractivity contribution in [2.45, 2.75) is 20.0 Å². The van der Waals surface area contributed by atoms with Gasteiger partial charge in [0.05, 0.1) is 23.4 Å². The van der Waals surface area contributed by atoms with E-state index in [1.54, 1.807) is 30.1 Å². The highest BCUT2D eigenvalue weighted by Crippen LogP contribution is 2.13. The molecule has 1 aromatic heterocycles. The summed E-state index contributed by atoms with van der Waals surface area (Å²) in [6, 6.07) is 8.06. The number of rotatable bonds is 5. The number of carboxylic acid groups (broad SMARTS) is 1. The van der Waals surface area contributed by atoms with Crippen LogP contribution in [0.4, 0.5) is 0 Å². The number of hydrogen-bond acceptors (Lipinski definition) is 3. The van der Waals surface area contributed by atoms with E-state index in [-0.39, 0.29) is 17.0 Å². The first kappa shape index (κ1) is 14.8. The molecule has 0 unspecified atom stereocenters. The summed E-state index contributed by atoms with van der Waals surface area (Å²) in [6.07, 6.45) is 1.68. The maximum atomic E-state index is 12.4.